The van der Waals surface area contributed by atoms with Crippen LogP contribution in [0.1, 0.15) is 26.3 Å². The lowest BCUT2D eigenvalue weighted by atomic mass is 10.0. The number of carbonyl (C=O) groups excluding carboxylic acids is 1. The predicted molar refractivity (Wildman–Crippen MR) is 110 cm³/mol. The van der Waals surface area contributed by atoms with Crippen LogP contribution in [0.5, 0.6) is 0 Å². The largest absolute Gasteiger partial charge is 0.480 e. The summed E-state index contributed by atoms with van der Waals surface area (Å²) in [4.78, 5) is 29.3. The van der Waals surface area contributed by atoms with Gasteiger partial charge in [0.1, 0.15) is 11.4 Å². The van der Waals surface area contributed by atoms with Crippen molar-refractivity contribution in [3.8, 4) is 0 Å². The molecule has 0 spiro atoms. The third-order valence-electron chi connectivity index (χ3n) is 4.74. The molecule has 2 atom stereocenters. The maximum absolute atomic E-state index is 13.1. The third-order valence-corrected chi connectivity index (χ3v) is 7.23. The van der Waals surface area contributed by atoms with E-state index in [1.807, 2.05) is 64.0 Å². The molecule has 1 amide bonds. The summed E-state index contributed by atoms with van der Waals surface area (Å²) in [5.74, 6) is -0.324. The van der Waals surface area contributed by atoms with Gasteiger partial charge < -0.3 is 14.9 Å². The number of rotatable bonds is 5. The van der Waals surface area contributed by atoms with Gasteiger partial charge in [0.15, 0.2) is 0 Å². The summed E-state index contributed by atoms with van der Waals surface area (Å²) in [6.07, 6.45) is 0. The summed E-state index contributed by atoms with van der Waals surface area (Å²) in [7, 11) is 3.97. The molecule has 0 bridgehead atoms. The van der Waals surface area contributed by atoms with Crippen LogP contribution in [0.3, 0.4) is 0 Å². The lowest BCUT2D eigenvalue weighted by Crippen LogP contribution is -2.48. The number of hydrogen-bond acceptors (Lipinski definition) is 5. The second-order valence-corrected chi connectivity index (χ2v) is 10.2. The van der Waals surface area contributed by atoms with Crippen molar-refractivity contribution < 1.29 is 14.7 Å². The molecule has 1 aromatic carbocycles. The smallest absolute Gasteiger partial charge is 0.327 e. The van der Waals surface area contributed by atoms with Crippen LogP contribution in [0.25, 0.3) is 5.57 Å². The second-order valence-electron chi connectivity index (χ2n) is 7.14. The van der Waals surface area contributed by atoms with Crippen molar-refractivity contribution in [3.05, 3.63) is 34.7 Å². The van der Waals surface area contributed by atoms with E-state index in [2.05, 4.69) is 0 Å². The molecule has 1 aromatic rings. The number of nitrogens with zero attached hydrogens (tertiary/aromatic N) is 2. The molecule has 3 rings (SSSR count). The van der Waals surface area contributed by atoms with Crippen molar-refractivity contribution in [1.29, 1.82) is 0 Å². The van der Waals surface area contributed by atoms with Gasteiger partial charge in [0.25, 0.3) is 5.91 Å². The topological polar surface area (TPSA) is 60.9 Å². The molecule has 0 aliphatic carbocycles. The molecule has 1 N–H and O–H groups in total. The van der Waals surface area contributed by atoms with Gasteiger partial charge in [0, 0.05) is 30.1 Å². The summed E-state index contributed by atoms with van der Waals surface area (Å²) >= 11 is 3.07. The molecular weight excluding hydrogens is 368 g/mol. The molecule has 140 valence electrons. The van der Waals surface area contributed by atoms with E-state index in [1.54, 1.807) is 16.7 Å². The normalized spacial score (nSPS) is 24.2. The van der Waals surface area contributed by atoms with Crippen LogP contribution in [0, 0.1) is 0 Å². The fraction of sp³-hybridized carbons (Fsp3) is 0.474. The van der Waals surface area contributed by atoms with E-state index in [1.165, 1.54) is 11.8 Å². The Labute approximate surface area is 162 Å². The summed E-state index contributed by atoms with van der Waals surface area (Å²) in [6.45, 7) is 5.82. The Morgan fingerprint density at radius 1 is 1.31 bits per heavy atom. The minimum Gasteiger partial charge on any atom is -0.480 e. The van der Waals surface area contributed by atoms with Crippen LogP contribution in [-0.2, 0) is 9.59 Å². The minimum atomic E-state index is -0.941. The Bertz CT molecular complexity index is 771. The Kier molecular flexibility index (Phi) is 5.05. The number of benzene rings is 1. The van der Waals surface area contributed by atoms with E-state index >= 15 is 0 Å². The number of anilines is 1. The van der Waals surface area contributed by atoms with Crippen LogP contribution in [0.15, 0.2) is 29.2 Å². The first-order valence-electron chi connectivity index (χ1n) is 8.57. The summed E-state index contributed by atoms with van der Waals surface area (Å²) < 4.78 is -0.538. The number of thioether (sulfide) groups is 2. The van der Waals surface area contributed by atoms with Crippen molar-refractivity contribution in [1.82, 2.24) is 4.90 Å². The molecule has 1 fully saturated rings. The van der Waals surface area contributed by atoms with Gasteiger partial charge in [-0.1, -0.05) is 19.1 Å². The number of fused-ring (bicyclic) bond motifs is 1. The number of hydrogen-bond donors (Lipinski definition) is 1. The van der Waals surface area contributed by atoms with Gasteiger partial charge in [-0.2, -0.15) is 0 Å². The Morgan fingerprint density at radius 2 is 1.92 bits per heavy atom. The Balaban J connectivity index is 2.09. The SMILES string of the molecule is CCSC1=C(c2ccc(N(C)C)cc2)[C@H]2SC(C)(C)[C@H](C(=O)O)N2C1=O. The van der Waals surface area contributed by atoms with Crippen LogP contribution < -0.4 is 4.90 Å². The zero-order chi connectivity index (χ0) is 19.2. The predicted octanol–water partition coefficient (Wildman–Crippen LogP) is 3.36. The van der Waals surface area contributed by atoms with Gasteiger partial charge in [-0.3, -0.25) is 4.79 Å². The van der Waals surface area contributed by atoms with E-state index in [9.17, 15) is 14.7 Å². The highest BCUT2D eigenvalue weighted by Crippen LogP contribution is 2.55. The van der Waals surface area contributed by atoms with Gasteiger partial charge in [-0.15, -0.1) is 23.5 Å². The first kappa shape index (κ1) is 19.2. The van der Waals surface area contributed by atoms with Crippen LogP contribution >= 0.6 is 23.5 Å². The zero-order valence-corrected chi connectivity index (χ0v) is 17.3. The fourth-order valence-electron chi connectivity index (χ4n) is 3.56. The number of carbonyl (C=O) groups is 2. The monoisotopic (exact) mass is 392 g/mol. The molecule has 26 heavy (non-hydrogen) atoms. The molecule has 0 radical (unpaired) electrons. The van der Waals surface area contributed by atoms with E-state index in [0.29, 0.717) is 4.91 Å². The number of amides is 1. The Morgan fingerprint density at radius 3 is 2.42 bits per heavy atom. The summed E-state index contributed by atoms with van der Waals surface area (Å²) in [6, 6.07) is 7.29. The molecule has 2 heterocycles. The van der Waals surface area contributed by atoms with Gasteiger partial charge in [0.05, 0.1) is 4.91 Å². The van der Waals surface area contributed by atoms with Gasteiger partial charge in [-0.25, -0.2) is 4.79 Å². The van der Waals surface area contributed by atoms with Crippen molar-refractivity contribution in [2.45, 2.75) is 36.9 Å². The van der Waals surface area contributed by atoms with Gasteiger partial charge in [-0.05, 0) is 37.3 Å². The lowest BCUT2D eigenvalue weighted by molar-refractivity contribution is -0.148. The molecule has 2 aliphatic rings. The second kappa shape index (κ2) is 6.85. The summed E-state index contributed by atoms with van der Waals surface area (Å²) in [5.41, 5.74) is 3.03. The molecule has 7 heteroatoms. The number of carboxylic acid groups (broad SMARTS) is 1. The van der Waals surface area contributed by atoms with Gasteiger partial charge >= 0.3 is 5.97 Å². The van der Waals surface area contributed by atoms with E-state index in [4.69, 9.17) is 0 Å². The summed E-state index contributed by atoms with van der Waals surface area (Å²) in [5, 5.41) is 9.49. The minimum absolute atomic E-state index is 0.154. The Hall–Kier alpha value is -1.60. The fourth-order valence-corrected chi connectivity index (χ4v) is 6.16. The number of aliphatic carboxylic acids is 1. The highest BCUT2D eigenvalue weighted by Gasteiger charge is 2.58. The number of carboxylic acids is 1. The maximum atomic E-state index is 13.1. The van der Waals surface area contributed by atoms with Crippen LogP contribution in [0.4, 0.5) is 5.69 Å². The molecular formula is C19H24N2O3S2. The molecule has 0 aromatic heterocycles. The highest BCUT2D eigenvalue weighted by atomic mass is 32.2. The lowest BCUT2D eigenvalue weighted by Gasteiger charge is -2.26. The van der Waals surface area contributed by atoms with Crippen molar-refractivity contribution in [2.24, 2.45) is 0 Å². The van der Waals surface area contributed by atoms with E-state index < -0.39 is 16.8 Å². The maximum Gasteiger partial charge on any atom is 0.327 e. The quantitative estimate of drug-likeness (QED) is 0.829. The van der Waals surface area contributed by atoms with Gasteiger partial charge in [0.2, 0.25) is 0 Å². The third kappa shape index (κ3) is 3.01. The highest BCUT2D eigenvalue weighted by molar-refractivity contribution is 8.05. The first-order chi connectivity index (χ1) is 12.2. The van der Waals surface area contributed by atoms with E-state index in [0.717, 1.165) is 22.6 Å². The van der Waals surface area contributed by atoms with Crippen molar-refractivity contribution in [3.63, 3.8) is 0 Å². The zero-order valence-electron chi connectivity index (χ0n) is 15.6. The molecule has 2 aliphatic heterocycles. The molecule has 0 unspecified atom stereocenters. The first-order valence-corrected chi connectivity index (χ1v) is 10.4. The average Bonchev–Trinajstić information content (AvgIpc) is 2.97. The average molecular weight is 393 g/mol. The standard InChI is InChI=1S/C19H24N2O3S2/c1-6-25-14-13(11-7-9-12(10-8-11)20(4)5)17-21(16(14)22)15(18(23)24)19(2,3)26-17/h7-10,15,17H,6H2,1-5H3,(H,23,24)/t15-,17+/m0/s1. The molecule has 0 saturated carbocycles. The molecule has 1 saturated heterocycles. The molecule has 5 nitrogen and oxygen atoms in total. The van der Waals surface area contributed by atoms with Crippen molar-refractivity contribution in [2.75, 3.05) is 24.7 Å². The van der Waals surface area contributed by atoms with Crippen LogP contribution in [-0.4, -0.2) is 57.9 Å². The van der Waals surface area contributed by atoms with E-state index in [-0.39, 0.29) is 11.3 Å². The van der Waals surface area contributed by atoms with Crippen LogP contribution in [0.2, 0.25) is 0 Å². The van der Waals surface area contributed by atoms with Crippen molar-refractivity contribution >= 4 is 46.7 Å².